The van der Waals surface area contributed by atoms with Crippen LogP contribution in [-0.4, -0.2) is 19.3 Å². The van der Waals surface area contributed by atoms with Crippen LogP contribution >= 0.6 is 0 Å². The van der Waals surface area contributed by atoms with Crippen LogP contribution in [0.3, 0.4) is 0 Å². The Morgan fingerprint density at radius 2 is 1.89 bits per heavy atom. The zero-order valence-corrected chi connectivity index (χ0v) is 11.0. The number of morpholine rings is 1. The molecule has 18 heavy (non-hydrogen) atoms. The van der Waals surface area contributed by atoms with E-state index in [1.807, 2.05) is 0 Å². The van der Waals surface area contributed by atoms with Crippen molar-refractivity contribution in [3.63, 3.8) is 0 Å². The first-order valence-electron chi connectivity index (χ1n) is 7.32. The third-order valence-corrected chi connectivity index (χ3v) is 4.36. The van der Waals surface area contributed by atoms with Crippen molar-refractivity contribution < 1.29 is 4.74 Å². The Morgan fingerprint density at radius 1 is 1.11 bits per heavy atom. The highest BCUT2D eigenvalue weighted by Crippen LogP contribution is 2.30. The maximum atomic E-state index is 6.04. The molecule has 98 valence electrons. The lowest BCUT2D eigenvalue weighted by molar-refractivity contribution is -0.00891. The van der Waals surface area contributed by atoms with Crippen molar-refractivity contribution in [3.8, 4) is 0 Å². The normalized spacial score (nSPS) is 29.6. The van der Waals surface area contributed by atoms with Gasteiger partial charge in [-0.05, 0) is 17.9 Å². The van der Waals surface area contributed by atoms with Crippen LogP contribution in [0.1, 0.15) is 43.7 Å². The third-order valence-electron chi connectivity index (χ3n) is 4.36. The molecule has 2 fully saturated rings. The van der Waals surface area contributed by atoms with Crippen LogP contribution in [0.15, 0.2) is 30.3 Å². The average molecular weight is 245 g/mol. The van der Waals surface area contributed by atoms with Gasteiger partial charge in [0.1, 0.15) is 0 Å². The van der Waals surface area contributed by atoms with Crippen molar-refractivity contribution in [2.75, 3.05) is 13.2 Å². The number of hydrogen-bond donors (Lipinski definition) is 1. The summed E-state index contributed by atoms with van der Waals surface area (Å²) in [6.07, 6.45) is 7.39. The summed E-state index contributed by atoms with van der Waals surface area (Å²) in [6, 6.07) is 11.0. The second kappa shape index (κ2) is 5.85. The van der Waals surface area contributed by atoms with Crippen molar-refractivity contribution in [2.45, 2.75) is 44.2 Å². The highest BCUT2D eigenvalue weighted by Gasteiger charge is 2.25. The average Bonchev–Trinajstić information content (AvgIpc) is 2.94. The Morgan fingerprint density at radius 3 is 2.56 bits per heavy atom. The van der Waals surface area contributed by atoms with Gasteiger partial charge >= 0.3 is 0 Å². The van der Waals surface area contributed by atoms with Gasteiger partial charge in [-0.2, -0.15) is 0 Å². The zero-order valence-electron chi connectivity index (χ0n) is 11.0. The summed E-state index contributed by atoms with van der Waals surface area (Å²) in [4.78, 5) is 0. The smallest absolute Gasteiger partial charge is 0.0703 e. The summed E-state index contributed by atoms with van der Waals surface area (Å²) in [5.74, 6) is 0.921. The second-order valence-corrected chi connectivity index (χ2v) is 5.71. The summed E-state index contributed by atoms with van der Waals surface area (Å²) in [7, 11) is 0. The van der Waals surface area contributed by atoms with Crippen molar-refractivity contribution in [1.29, 1.82) is 0 Å². The van der Waals surface area contributed by atoms with Crippen LogP contribution in [-0.2, 0) is 4.74 Å². The van der Waals surface area contributed by atoms with Gasteiger partial charge in [-0.3, -0.25) is 0 Å². The monoisotopic (exact) mass is 245 g/mol. The molecule has 3 rings (SSSR count). The van der Waals surface area contributed by atoms with Crippen molar-refractivity contribution in [2.24, 2.45) is 5.92 Å². The van der Waals surface area contributed by atoms with Gasteiger partial charge in [-0.1, -0.05) is 56.0 Å². The maximum Gasteiger partial charge on any atom is 0.0703 e. The van der Waals surface area contributed by atoms with Gasteiger partial charge in [0.25, 0.3) is 0 Å². The Bertz CT molecular complexity index is 351. The lowest BCUT2D eigenvalue weighted by Crippen LogP contribution is -2.41. The summed E-state index contributed by atoms with van der Waals surface area (Å²) < 4.78 is 6.04. The van der Waals surface area contributed by atoms with Crippen LogP contribution in [0.25, 0.3) is 0 Å². The largest absolute Gasteiger partial charge is 0.375 e. The van der Waals surface area contributed by atoms with Gasteiger partial charge in [-0.25, -0.2) is 0 Å². The molecule has 2 unspecified atom stereocenters. The van der Waals surface area contributed by atoms with Crippen molar-refractivity contribution >= 4 is 0 Å². The Hall–Kier alpha value is -0.860. The van der Waals surface area contributed by atoms with E-state index < -0.39 is 0 Å². The predicted octanol–water partition coefficient (Wildman–Crippen LogP) is 3.30. The topological polar surface area (TPSA) is 21.3 Å². The fraction of sp³-hybridized carbons (Fsp3) is 0.625. The Balaban J connectivity index is 1.49. The van der Waals surface area contributed by atoms with Crippen LogP contribution < -0.4 is 5.32 Å². The lowest BCUT2D eigenvalue weighted by Gasteiger charge is -2.32. The van der Waals surface area contributed by atoms with E-state index in [4.69, 9.17) is 4.74 Å². The van der Waals surface area contributed by atoms with Gasteiger partial charge in [0.2, 0.25) is 0 Å². The first kappa shape index (κ1) is 12.2. The van der Waals surface area contributed by atoms with E-state index in [9.17, 15) is 0 Å². The molecule has 1 aromatic carbocycles. The summed E-state index contributed by atoms with van der Waals surface area (Å²) in [5.41, 5.74) is 1.34. The molecule has 1 aliphatic heterocycles. The highest BCUT2D eigenvalue weighted by atomic mass is 16.5. The molecule has 0 radical (unpaired) electrons. The van der Waals surface area contributed by atoms with Gasteiger partial charge in [0.15, 0.2) is 0 Å². The molecule has 1 aliphatic carbocycles. The molecule has 1 saturated heterocycles. The van der Waals surface area contributed by atoms with Crippen molar-refractivity contribution in [3.05, 3.63) is 35.9 Å². The number of ether oxygens (including phenoxy) is 1. The second-order valence-electron chi connectivity index (χ2n) is 5.71. The number of benzene rings is 1. The van der Waals surface area contributed by atoms with Gasteiger partial charge in [0.05, 0.1) is 18.8 Å². The molecule has 1 aromatic rings. The molecule has 2 aliphatic rings. The zero-order chi connectivity index (χ0) is 12.2. The number of rotatable bonds is 3. The van der Waals surface area contributed by atoms with Crippen LogP contribution in [0.5, 0.6) is 0 Å². The number of nitrogens with one attached hydrogen (secondary N) is 1. The van der Waals surface area contributed by atoms with Crippen LogP contribution in [0, 0.1) is 5.92 Å². The van der Waals surface area contributed by atoms with Crippen molar-refractivity contribution in [1.82, 2.24) is 5.32 Å². The minimum Gasteiger partial charge on any atom is -0.375 e. The quantitative estimate of drug-likeness (QED) is 0.882. The van der Waals surface area contributed by atoms with E-state index in [2.05, 4.69) is 35.6 Å². The molecule has 2 heteroatoms. The third kappa shape index (κ3) is 2.93. The predicted molar refractivity (Wildman–Crippen MR) is 73.5 cm³/mol. The standard InChI is InChI=1S/C16H23NO/c1-2-8-14(9-3-1)16-12-18-15(11-17-16)10-13-6-4-5-7-13/h1-3,8-9,13,15-17H,4-7,10-12H2. The fourth-order valence-corrected chi connectivity index (χ4v) is 3.29. The van der Waals surface area contributed by atoms with E-state index in [0.717, 1.165) is 19.1 Å². The molecule has 0 bridgehead atoms. The summed E-state index contributed by atoms with van der Waals surface area (Å²) in [6.45, 7) is 1.83. The Kier molecular flexibility index (Phi) is 3.96. The minimum absolute atomic E-state index is 0.381. The summed E-state index contributed by atoms with van der Waals surface area (Å²) >= 11 is 0. The molecule has 1 saturated carbocycles. The fourth-order valence-electron chi connectivity index (χ4n) is 3.29. The van der Waals surface area contributed by atoms with Gasteiger partial charge < -0.3 is 10.1 Å². The molecule has 0 spiro atoms. The Labute approximate surface area is 110 Å². The molecular weight excluding hydrogens is 222 g/mol. The lowest BCUT2D eigenvalue weighted by atomic mass is 9.98. The molecule has 0 amide bonds. The van der Waals surface area contributed by atoms with Gasteiger partial charge in [-0.15, -0.1) is 0 Å². The van der Waals surface area contributed by atoms with E-state index >= 15 is 0 Å². The first-order chi connectivity index (χ1) is 8.92. The number of hydrogen-bond acceptors (Lipinski definition) is 2. The molecular formula is C16H23NO. The molecule has 1 heterocycles. The molecule has 2 atom stereocenters. The highest BCUT2D eigenvalue weighted by molar-refractivity contribution is 5.19. The molecule has 1 N–H and O–H groups in total. The molecule has 2 nitrogen and oxygen atoms in total. The van der Waals surface area contributed by atoms with E-state index in [-0.39, 0.29) is 0 Å². The van der Waals surface area contributed by atoms with Crippen LogP contribution in [0.4, 0.5) is 0 Å². The molecule has 0 aromatic heterocycles. The minimum atomic E-state index is 0.381. The van der Waals surface area contributed by atoms with E-state index in [0.29, 0.717) is 12.1 Å². The maximum absolute atomic E-state index is 6.04. The first-order valence-corrected chi connectivity index (χ1v) is 7.32. The van der Waals surface area contributed by atoms with E-state index in [1.54, 1.807) is 0 Å². The van der Waals surface area contributed by atoms with Crippen LogP contribution in [0.2, 0.25) is 0 Å². The van der Waals surface area contributed by atoms with Gasteiger partial charge in [0, 0.05) is 6.54 Å². The van der Waals surface area contributed by atoms with E-state index in [1.165, 1.54) is 37.7 Å². The SMILES string of the molecule is c1ccc(C2COC(CC3CCCC3)CN2)cc1. The summed E-state index contributed by atoms with van der Waals surface area (Å²) in [5, 5.41) is 3.63.